The van der Waals surface area contributed by atoms with E-state index in [1.165, 1.54) is 0 Å². The molecule has 0 spiro atoms. The van der Waals surface area contributed by atoms with Crippen LogP contribution in [0.25, 0.3) is 0 Å². The Morgan fingerprint density at radius 2 is 2.11 bits per heavy atom. The number of aliphatic hydroxyl groups is 1. The molecule has 0 amide bonds. The van der Waals surface area contributed by atoms with Gasteiger partial charge in [0.15, 0.2) is 0 Å². The van der Waals surface area contributed by atoms with E-state index in [4.69, 9.17) is 5.11 Å². The first-order chi connectivity index (χ1) is 8.78. The lowest BCUT2D eigenvalue weighted by atomic mass is 10.4. The van der Waals surface area contributed by atoms with Crippen LogP contribution in [0.1, 0.15) is 5.82 Å². The Bertz CT molecular complexity index is 503. The van der Waals surface area contributed by atoms with Gasteiger partial charge in [-0.15, -0.1) is 0 Å². The average Bonchev–Trinajstić information content (AvgIpc) is 2.37. The molecule has 18 heavy (non-hydrogen) atoms. The fraction of sp³-hybridized carbons (Fsp3) is 0.250. The van der Waals surface area contributed by atoms with Gasteiger partial charge in [0.05, 0.1) is 18.5 Å². The fourth-order valence-corrected chi connectivity index (χ4v) is 1.49. The topological polar surface area (TPSA) is 83.0 Å². The van der Waals surface area contributed by atoms with Gasteiger partial charge in [-0.05, 0) is 19.1 Å². The summed E-state index contributed by atoms with van der Waals surface area (Å²) in [5, 5.41) is 14.9. The van der Waals surface area contributed by atoms with Gasteiger partial charge in [0.25, 0.3) is 0 Å². The van der Waals surface area contributed by atoms with Crippen LogP contribution in [0.15, 0.2) is 30.6 Å². The Hall–Kier alpha value is -2.21. The van der Waals surface area contributed by atoms with E-state index >= 15 is 0 Å². The molecule has 94 valence electrons. The number of aromatic nitrogens is 3. The third-order valence-corrected chi connectivity index (χ3v) is 2.19. The molecule has 2 aromatic heterocycles. The maximum absolute atomic E-state index is 8.77. The summed E-state index contributed by atoms with van der Waals surface area (Å²) in [6.45, 7) is 2.34. The lowest BCUT2D eigenvalue weighted by molar-refractivity contribution is 0.311. The maximum atomic E-state index is 8.77. The molecule has 0 bridgehead atoms. The minimum absolute atomic E-state index is 0.0639. The molecule has 2 rings (SSSR count). The Morgan fingerprint density at radius 1 is 1.28 bits per heavy atom. The highest BCUT2D eigenvalue weighted by molar-refractivity contribution is 5.58. The van der Waals surface area contributed by atoms with E-state index in [0.29, 0.717) is 24.0 Å². The molecule has 0 aromatic carbocycles. The molecule has 3 N–H and O–H groups in total. The summed E-state index contributed by atoms with van der Waals surface area (Å²) in [5.74, 6) is 2.03. The van der Waals surface area contributed by atoms with Crippen molar-refractivity contribution < 1.29 is 5.11 Å². The fourth-order valence-electron chi connectivity index (χ4n) is 1.49. The van der Waals surface area contributed by atoms with Crippen molar-refractivity contribution in [3.05, 3.63) is 36.4 Å². The van der Waals surface area contributed by atoms with E-state index in [9.17, 15) is 0 Å². The van der Waals surface area contributed by atoms with Crippen LogP contribution < -0.4 is 10.6 Å². The van der Waals surface area contributed by atoms with Crippen LogP contribution in [0.5, 0.6) is 0 Å². The zero-order valence-electron chi connectivity index (χ0n) is 10.1. The number of hydrogen-bond donors (Lipinski definition) is 3. The van der Waals surface area contributed by atoms with Gasteiger partial charge in [-0.1, -0.05) is 0 Å². The number of nitrogens with one attached hydrogen (secondary N) is 2. The van der Waals surface area contributed by atoms with Crippen molar-refractivity contribution in [1.29, 1.82) is 0 Å². The summed E-state index contributed by atoms with van der Waals surface area (Å²) in [7, 11) is 0. The van der Waals surface area contributed by atoms with Crippen LogP contribution >= 0.6 is 0 Å². The van der Waals surface area contributed by atoms with E-state index in [1.54, 1.807) is 18.5 Å². The number of aryl methyl sites for hydroxylation is 1. The quantitative estimate of drug-likeness (QED) is 0.737. The summed E-state index contributed by atoms with van der Waals surface area (Å²) >= 11 is 0. The third kappa shape index (κ3) is 3.39. The van der Waals surface area contributed by atoms with Gasteiger partial charge in [-0.25, -0.2) is 9.97 Å². The summed E-state index contributed by atoms with van der Waals surface area (Å²) in [5.41, 5.74) is 0.865. The summed E-state index contributed by atoms with van der Waals surface area (Å²) in [6, 6.07) is 5.54. The predicted octanol–water partition coefficient (Wildman–Crippen LogP) is 1.33. The number of anilines is 3. The molecule has 0 aliphatic carbocycles. The van der Waals surface area contributed by atoms with E-state index in [1.807, 2.05) is 19.1 Å². The molecule has 6 heteroatoms. The van der Waals surface area contributed by atoms with Gasteiger partial charge in [0.1, 0.15) is 17.5 Å². The highest BCUT2D eigenvalue weighted by Gasteiger charge is 2.02. The van der Waals surface area contributed by atoms with Gasteiger partial charge in [-0.3, -0.25) is 4.98 Å². The van der Waals surface area contributed by atoms with Crippen molar-refractivity contribution >= 4 is 17.3 Å². The molecular formula is C12H15N5O. The van der Waals surface area contributed by atoms with Gasteiger partial charge in [0, 0.05) is 18.8 Å². The highest BCUT2D eigenvalue weighted by Crippen LogP contribution is 2.16. The monoisotopic (exact) mass is 245 g/mol. The van der Waals surface area contributed by atoms with E-state index in [-0.39, 0.29) is 6.61 Å². The SMILES string of the molecule is Cc1nc(NCCO)cc(Nc2cccnc2)n1. The second-order valence-corrected chi connectivity index (χ2v) is 3.70. The summed E-state index contributed by atoms with van der Waals surface area (Å²) in [6.07, 6.45) is 3.43. The van der Waals surface area contributed by atoms with E-state index < -0.39 is 0 Å². The number of nitrogens with zero attached hydrogens (tertiary/aromatic N) is 3. The predicted molar refractivity (Wildman–Crippen MR) is 69.9 cm³/mol. The first-order valence-electron chi connectivity index (χ1n) is 5.65. The summed E-state index contributed by atoms with van der Waals surface area (Å²) in [4.78, 5) is 12.5. The standard InChI is InChI=1S/C12H15N5O/c1-9-15-11(14-5-6-18)7-12(16-9)17-10-3-2-4-13-8-10/h2-4,7-8,18H,5-6H2,1H3,(H2,14,15,16,17). The Morgan fingerprint density at radius 3 is 2.83 bits per heavy atom. The van der Waals surface area contributed by atoms with E-state index in [2.05, 4.69) is 25.6 Å². The van der Waals surface area contributed by atoms with Gasteiger partial charge in [0.2, 0.25) is 0 Å². The molecule has 0 saturated heterocycles. The van der Waals surface area contributed by atoms with Crippen molar-refractivity contribution in [2.45, 2.75) is 6.92 Å². The van der Waals surface area contributed by atoms with Crippen LogP contribution in [0, 0.1) is 6.92 Å². The average molecular weight is 245 g/mol. The third-order valence-electron chi connectivity index (χ3n) is 2.19. The van der Waals surface area contributed by atoms with E-state index in [0.717, 1.165) is 5.69 Å². The van der Waals surface area contributed by atoms with Crippen LogP contribution in [0.2, 0.25) is 0 Å². The van der Waals surface area contributed by atoms with Crippen molar-refractivity contribution in [2.75, 3.05) is 23.8 Å². The first-order valence-corrected chi connectivity index (χ1v) is 5.65. The molecule has 6 nitrogen and oxygen atoms in total. The molecule has 0 aliphatic heterocycles. The Balaban J connectivity index is 2.15. The van der Waals surface area contributed by atoms with Crippen LogP contribution in [0.4, 0.5) is 17.3 Å². The Kier molecular flexibility index (Phi) is 4.03. The normalized spacial score (nSPS) is 10.1. The van der Waals surface area contributed by atoms with Gasteiger partial charge < -0.3 is 15.7 Å². The van der Waals surface area contributed by atoms with Crippen LogP contribution in [-0.4, -0.2) is 33.2 Å². The second-order valence-electron chi connectivity index (χ2n) is 3.70. The van der Waals surface area contributed by atoms with Gasteiger partial charge in [-0.2, -0.15) is 0 Å². The number of rotatable bonds is 5. The molecule has 2 aromatic rings. The lowest BCUT2D eigenvalue weighted by Crippen LogP contribution is -2.08. The maximum Gasteiger partial charge on any atom is 0.136 e. The molecular weight excluding hydrogens is 230 g/mol. The van der Waals surface area contributed by atoms with Crippen LogP contribution in [0.3, 0.4) is 0 Å². The van der Waals surface area contributed by atoms with Crippen molar-refractivity contribution in [1.82, 2.24) is 15.0 Å². The minimum atomic E-state index is 0.0639. The molecule has 0 aliphatic rings. The van der Waals surface area contributed by atoms with Crippen molar-refractivity contribution in [2.24, 2.45) is 0 Å². The van der Waals surface area contributed by atoms with Gasteiger partial charge >= 0.3 is 0 Å². The number of pyridine rings is 1. The first kappa shape index (κ1) is 12.3. The largest absolute Gasteiger partial charge is 0.395 e. The zero-order chi connectivity index (χ0) is 12.8. The molecule has 0 saturated carbocycles. The van der Waals surface area contributed by atoms with Crippen molar-refractivity contribution in [3.8, 4) is 0 Å². The second kappa shape index (κ2) is 5.92. The number of aliphatic hydroxyl groups excluding tert-OH is 1. The van der Waals surface area contributed by atoms with Crippen molar-refractivity contribution in [3.63, 3.8) is 0 Å². The number of hydrogen-bond acceptors (Lipinski definition) is 6. The zero-order valence-corrected chi connectivity index (χ0v) is 10.1. The molecule has 0 atom stereocenters. The highest BCUT2D eigenvalue weighted by atomic mass is 16.3. The molecule has 2 heterocycles. The Labute approximate surface area is 105 Å². The molecule has 0 fully saturated rings. The lowest BCUT2D eigenvalue weighted by Gasteiger charge is -2.09. The van der Waals surface area contributed by atoms with Crippen LogP contribution in [-0.2, 0) is 0 Å². The molecule has 0 radical (unpaired) electrons. The molecule has 0 unspecified atom stereocenters. The summed E-state index contributed by atoms with van der Waals surface area (Å²) < 4.78 is 0. The minimum Gasteiger partial charge on any atom is -0.395 e. The smallest absolute Gasteiger partial charge is 0.136 e.